The molecule has 51 heavy (non-hydrogen) atoms. The van der Waals surface area contributed by atoms with Crippen LogP contribution in [0.4, 0.5) is 4.39 Å². The number of pyridine rings is 1. The molecule has 5 unspecified atom stereocenters. The maximum Gasteiger partial charge on any atom is 0.226 e. The Kier molecular flexibility index (Phi) is 7.84. The van der Waals surface area contributed by atoms with E-state index in [9.17, 15) is 15.3 Å². The fourth-order valence-corrected chi connectivity index (χ4v) is 9.34. The van der Waals surface area contributed by atoms with E-state index in [4.69, 9.17) is 33.3 Å². The van der Waals surface area contributed by atoms with E-state index in [1.54, 1.807) is 18.2 Å². The maximum absolute atomic E-state index is 17.2. The highest BCUT2D eigenvalue weighted by Gasteiger charge is 2.51. The maximum atomic E-state index is 17.2. The van der Waals surface area contributed by atoms with Gasteiger partial charge in [0.15, 0.2) is 5.82 Å². The highest BCUT2D eigenvalue weighted by Crippen LogP contribution is 2.52. The van der Waals surface area contributed by atoms with Crippen LogP contribution in [0.3, 0.4) is 0 Å². The number of likely N-dealkylation sites (tertiary alicyclic amines) is 1. The average molecular weight is 722 g/mol. The normalized spacial score (nSPS) is 23.9. The van der Waals surface area contributed by atoms with Gasteiger partial charge >= 0.3 is 0 Å². The monoisotopic (exact) mass is 720 g/mol. The smallest absolute Gasteiger partial charge is 0.226 e. The number of rotatable bonds is 8. The molecule has 5 atom stereocenters. The SMILES string of the molecule is Cc1nc2c(F)c(-c3cccc(Cl)c3Cl)c(CCC#N)cc2c2c1cc(C1CC(n3ccc(CC#N)n3)CN1C(=O)C1CC1)n2C1C2CNC1C2. The Morgan fingerprint density at radius 3 is 2.69 bits per heavy atom. The van der Waals surface area contributed by atoms with Crippen LogP contribution < -0.4 is 5.32 Å². The van der Waals surface area contributed by atoms with Gasteiger partial charge in [0, 0.05) is 71.0 Å². The van der Waals surface area contributed by atoms with Gasteiger partial charge in [-0.15, -0.1) is 0 Å². The number of benzene rings is 2. The van der Waals surface area contributed by atoms with E-state index in [2.05, 4.69) is 33.0 Å². The lowest BCUT2D eigenvalue weighted by atomic mass is 9.79. The number of amides is 1. The topological polar surface area (TPSA) is 116 Å². The largest absolute Gasteiger partial charge is 0.337 e. The molecular weight excluding hydrogens is 686 g/mol. The van der Waals surface area contributed by atoms with E-state index in [1.165, 1.54) is 0 Å². The number of nitrogens with zero attached hydrogens (tertiary/aromatic N) is 7. The van der Waals surface area contributed by atoms with Crippen LogP contribution in [0, 0.1) is 47.2 Å². The summed E-state index contributed by atoms with van der Waals surface area (Å²) in [4.78, 5) is 21.0. The van der Waals surface area contributed by atoms with Crippen molar-refractivity contribution in [1.82, 2.24) is 29.5 Å². The molecule has 3 aliphatic heterocycles. The highest BCUT2D eigenvalue weighted by molar-refractivity contribution is 6.43. The Morgan fingerprint density at radius 1 is 1.12 bits per heavy atom. The minimum absolute atomic E-state index is 0.0372. The fourth-order valence-electron chi connectivity index (χ4n) is 8.95. The molecule has 2 aliphatic carbocycles. The first-order valence-corrected chi connectivity index (χ1v) is 18.5. The van der Waals surface area contributed by atoms with Crippen LogP contribution in [-0.4, -0.2) is 49.3 Å². The van der Waals surface area contributed by atoms with E-state index >= 15 is 4.39 Å². The Hall–Kier alpha value is -4.48. The van der Waals surface area contributed by atoms with Crippen LogP contribution in [0.2, 0.25) is 10.0 Å². The van der Waals surface area contributed by atoms with Crippen molar-refractivity contribution in [2.45, 2.75) is 76.0 Å². The Balaban J connectivity index is 1.27. The van der Waals surface area contributed by atoms with Crippen LogP contribution >= 0.6 is 23.2 Å². The van der Waals surface area contributed by atoms with Crippen molar-refractivity contribution >= 4 is 50.9 Å². The van der Waals surface area contributed by atoms with Crippen molar-refractivity contribution in [3.05, 3.63) is 81.1 Å². The highest BCUT2D eigenvalue weighted by atomic mass is 35.5. The predicted octanol–water partition coefficient (Wildman–Crippen LogP) is 7.79. The summed E-state index contributed by atoms with van der Waals surface area (Å²) in [5.41, 5.74) is 5.06. The van der Waals surface area contributed by atoms with E-state index < -0.39 is 5.82 Å². The molecule has 12 heteroatoms. The molecule has 2 saturated carbocycles. The number of fused-ring (bicyclic) bond motifs is 4. The number of carbonyl (C=O) groups excluding carboxylic acids is 1. The van der Waals surface area contributed by atoms with Crippen molar-refractivity contribution in [2.24, 2.45) is 11.8 Å². The summed E-state index contributed by atoms with van der Waals surface area (Å²) in [6.45, 7) is 3.35. The van der Waals surface area contributed by atoms with Crippen LogP contribution in [0.1, 0.15) is 72.9 Å². The molecule has 5 aliphatic rings. The van der Waals surface area contributed by atoms with Crippen LogP contribution in [-0.2, 0) is 17.6 Å². The number of halogens is 3. The molecule has 1 amide bonds. The summed E-state index contributed by atoms with van der Waals surface area (Å²) in [6.07, 6.45) is 6.22. The zero-order valence-electron chi connectivity index (χ0n) is 28.0. The van der Waals surface area contributed by atoms with Gasteiger partial charge in [-0.2, -0.15) is 15.6 Å². The van der Waals surface area contributed by atoms with E-state index in [1.807, 2.05) is 29.9 Å². The third-order valence-corrected chi connectivity index (χ3v) is 12.4. The van der Waals surface area contributed by atoms with Gasteiger partial charge in [0.05, 0.1) is 57.9 Å². The van der Waals surface area contributed by atoms with Gasteiger partial charge in [-0.25, -0.2) is 9.37 Å². The molecule has 2 bridgehead atoms. The number of nitriles is 2. The zero-order valence-corrected chi connectivity index (χ0v) is 29.6. The standard InChI is InChI=1S/C39H35Cl2FN8O/c1-20-27-17-32(31-16-25(19-48(31)39(51)21-7-8-21)49-13-10-24(47-49)9-12-44)50(37-23-15-30(37)45-18-23)38(27)28-14-22(4-3-11-43)33(35(42)36(28)46-20)26-5-2-6-29(40)34(26)41/h2,5-6,10,13-14,17,21,23,25,30-31,37,45H,3-4,7-9,15-16,18-19H2,1H3. The van der Waals surface area contributed by atoms with Gasteiger partial charge in [0.2, 0.25) is 5.91 Å². The van der Waals surface area contributed by atoms with Crippen molar-refractivity contribution in [2.75, 3.05) is 13.1 Å². The van der Waals surface area contributed by atoms with Crippen molar-refractivity contribution in [3.8, 4) is 23.3 Å². The Morgan fingerprint density at radius 2 is 1.96 bits per heavy atom. The first-order chi connectivity index (χ1) is 24.8. The average Bonchev–Trinajstić information content (AvgIpc) is 3.60. The number of aryl methyl sites for hydroxylation is 2. The number of aromatic nitrogens is 4. The molecule has 2 aromatic carbocycles. The Labute approximate surface area is 304 Å². The van der Waals surface area contributed by atoms with Gasteiger partial charge in [-0.05, 0) is 74.8 Å². The summed E-state index contributed by atoms with van der Waals surface area (Å²) in [5.74, 6) is 0.128. The van der Waals surface area contributed by atoms with Gasteiger partial charge in [-0.1, -0.05) is 35.3 Å². The van der Waals surface area contributed by atoms with Crippen LogP contribution in [0.5, 0.6) is 0 Å². The minimum Gasteiger partial charge on any atom is -0.337 e. The lowest BCUT2D eigenvalue weighted by Gasteiger charge is -2.39. The number of nitrogens with one attached hydrogen (secondary N) is 1. The first kappa shape index (κ1) is 32.4. The van der Waals surface area contributed by atoms with E-state index in [0.29, 0.717) is 63.8 Å². The summed E-state index contributed by atoms with van der Waals surface area (Å²) in [6, 6.07) is 15.8. The second-order valence-electron chi connectivity index (χ2n) is 14.6. The summed E-state index contributed by atoms with van der Waals surface area (Å²) in [5, 5.41) is 29.4. The molecule has 0 radical (unpaired) electrons. The van der Waals surface area contributed by atoms with Crippen LogP contribution in [0.15, 0.2) is 42.6 Å². The third kappa shape index (κ3) is 5.14. The molecule has 258 valence electrons. The fraction of sp³-hybridized carbons (Fsp3) is 0.410. The molecule has 3 saturated heterocycles. The summed E-state index contributed by atoms with van der Waals surface area (Å²) < 4.78 is 21.5. The lowest BCUT2D eigenvalue weighted by Crippen LogP contribution is -2.41. The molecular formula is C39H35Cl2FN8O. The van der Waals surface area contributed by atoms with Gasteiger partial charge < -0.3 is 14.8 Å². The number of carbonyl (C=O) groups is 1. The van der Waals surface area contributed by atoms with Gasteiger partial charge in [0.1, 0.15) is 5.52 Å². The molecule has 3 aromatic heterocycles. The predicted molar refractivity (Wildman–Crippen MR) is 193 cm³/mol. The number of hydrogen-bond acceptors (Lipinski definition) is 6. The quantitative estimate of drug-likeness (QED) is 0.175. The second-order valence-corrected chi connectivity index (χ2v) is 15.4. The van der Waals surface area contributed by atoms with Gasteiger partial charge in [-0.3, -0.25) is 9.48 Å². The van der Waals surface area contributed by atoms with E-state index in [0.717, 1.165) is 42.4 Å². The van der Waals surface area contributed by atoms with Crippen LogP contribution in [0.25, 0.3) is 32.9 Å². The minimum atomic E-state index is -0.489. The third-order valence-electron chi connectivity index (χ3n) is 11.6. The summed E-state index contributed by atoms with van der Waals surface area (Å²) >= 11 is 13.1. The molecule has 10 rings (SSSR count). The summed E-state index contributed by atoms with van der Waals surface area (Å²) in [7, 11) is 0. The second kappa shape index (κ2) is 12.3. The van der Waals surface area contributed by atoms with Crippen molar-refractivity contribution < 1.29 is 9.18 Å². The Bertz CT molecular complexity index is 2340. The molecule has 9 nitrogen and oxygen atoms in total. The van der Waals surface area contributed by atoms with Crippen molar-refractivity contribution in [1.29, 1.82) is 10.5 Å². The molecule has 1 N–H and O–H groups in total. The first-order valence-electron chi connectivity index (χ1n) is 17.7. The van der Waals surface area contributed by atoms with Gasteiger partial charge in [0.25, 0.3) is 0 Å². The van der Waals surface area contributed by atoms with E-state index in [-0.39, 0.29) is 59.4 Å². The number of hydrogen-bond donors (Lipinski definition) is 1. The molecule has 0 spiro atoms. The lowest BCUT2D eigenvalue weighted by molar-refractivity contribution is -0.133. The molecule has 5 fully saturated rings. The zero-order chi connectivity index (χ0) is 35.1. The molecule has 5 aromatic rings. The van der Waals surface area contributed by atoms with Crippen molar-refractivity contribution in [3.63, 3.8) is 0 Å². The molecule has 6 heterocycles.